The molecule has 2 unspecified atom stereocenters. The highest BCUT2D eigenvalue weighted by molar-refractivity contribution is 4.85. The summed E-state index contributed by atoms with van der Waals surface area (Å²) in [6.07, 6.45) is 12.9. The summed E-state index contributed by atoms with van der Waals surface area (Å²) in [6.45, 7) is 6.09. The van der Waals surface area contributed by atoms with Crippen molar-refractivity contribution < 1.29 is 4.74 Å². The van der Waals surface area contributed by atoms with E-state index in [-0.39, 0.29) is 0 Å². The van der Waals surface area contributed by atoms with Crippen molar-refractivity contribution in [3.63, 3.8) is 0 Å². The molecule has 0 radical (unpaired) electrons. The zero-order chi connectivity index (χ0) is 13.6. The molecule has 0 bridgehead atoms. The summed E-state index contributed by atoms with van der Waals surface area (Å²) in [7, 11) is 0. The van der Waals surface area contributed by atoms with Crippen LogP contribution < -0.4 is 5.32 Å². The highest BCUT2D eigenvalue weighted by atomic mass is 16.5. The van der Waals surface area contributed by atoms with Gasteiger partial charge in [0, 0.05) is 19.2 Å². The molecule has 3 fully saturated rings. The number of rotatable bonds is 4. The van der Waals surface area contributed by atoms with Crippen LogP contribution in [0.1, 0.15) is 57.8 Å². The summed E-state index contributed by atoms with van der Waals surface area (Å²) < 4.78 is 5.82. The van der Waals surface area contributed by atoms with Gasteiger partial charge in [-0.3, -0.25) is 0 Å². The van der Waals surface area contributed by atoms with Gasteiger partial charge in [0.2, 0.25) is 0 Å². The first-order valence-electron chi connectivity index (χ1n) is 9.00. The van der Waals surface area contributed by atoms with Crippen LogP contribution in [-0.4, -0.2) is 49.8 Å². The quantitative estimate of drug-likeness (QED) is 0.857. The second-order valence-electron chi connectivity index (χ2n) is 6.96. The molecular weight excluding hydrogens is 248 g/mol. The van der Waals surface area contributed by atoms with E-state index in [0.29, 0.717) is 6.10 Å². The average Bonchev–Trinajstić information content (AvgIpc) is 2.90. The molecule has 3 nitrogen and oxygen atoms in total. The van der Waals surface area contributed by atoms with Gasteiger partial charge < -0.3 is 15.0 Å². The number of nitrogens with one attached hydrogen (secondary N) is 1. The Morgan fingerprint density at radius 1 is 0.950 bits per heavy atom. The predicted octanol–water partition coefficient (Wildman–Crippen LogP) is 2.80. The van der Waals surface area contributed by atoms with Crippen molar-refractivity contribution in [3.05, 3.63) is 0 Å². The van der Waals surface area contributed by atoms with Gasteiger partial charge in [-0.25, -0.2) is 0 Å². The van der Waals surface area contributed by atoms with E-state index in [9.17, 15) is 0 Å². The second-order valence-corrected chi connectivity index (χ2v) is 6.96. The van der Waals surface area contributed by atoms with Crippen molar-refractivity contribution in [2.45, 2.75) is 69.9 Å². The summed E-state index contributed by atoms with van der Waals surface area (Å²) >= 11 is 0. The minimum absolute atomic E-state index is 0.562. The largest absolute Gasteiger partial charge is 0.378 e. The highest BCUT2D eigenvalue weighted by Crippen LogP contribution is 2.29. The summed E-state index contributed by atoms with van der Waals surface area (Å²) in [5.41, 5.74) is 0. The van der Waals surface area contributed by atoms with Crippen molar-refractivity contribution in [1.82, 2.24) is 10.2 Å². The monoisotopic (exact) mass is 280 g/mol. The van der Waals surface area contributed by atoms with Crippen molar-refractivity contribution in [2.24, 2.45) is 5.92 Å². The van der Waals surface area contributed by atoms with E-state index < -0.39 is 0 Å². The van der Waals surface area contributed by atoms with Crippen LogP contribution in [0.25, 0.3) is 0 Å². The van der Waals surface area contributed by atoms with Crippen LogP contribution in [0.3, 0.4) is 0 Å². The van der Waals surface area contributed by atoms with E-state index in [1.165, 1.54) is 84.0 Å². The van der Waals surface area contributed by atoms with Gasteiger partial charge >= 0.3 is 0 Å². The zero-order valence-electron chi connectivity index (χ0n) is 13.0. The van der Waals surface area contributed by atoms with E-state index in [4.69, 9.17) is 4.74 Å². The molecule has 0 aromatic rings. The number of hydrogen-bond donors (Lipinski definition) is 1. The molecule has 3 saturated heterocycles. The van der Waals surface area contributed by atoms with Gasteiger partial charge in [-0.05, 0) is 70.5 Å². The second kappa shape index (κ2) is 7.77. The van der Waals surface area contributed by atoms with Gasteiger partial charge in [-0.15, -0.1) is 0 Å². The molecule has 0 spiro atoms. The smallest absolute Gasteiger partial charge is 0.0588 e. The lowest BCUT2D eigenvalue weighted by Gasteiger charge is -2.38. The topological polar surface area (TPSA) is 24.5 Å². The third-order valence-electron chi connectivity index (χ3n) is 5.60. The number of likely N-dealkylation sites (tertiary alicyclic amines) is 1. The minimum Gasteiger partial charge on any atom is -0.378 e. The Balaban J connectivity index is 1.54. The number of hydrogen-bond acceptors (Lipinski definition) is 3. The van der Waals surface area contributed by atoms with E-state index in [1.54, 1.807) is 0 Å². The zero-order valence-corrected chi connectivity index (χ0v) is 13.0. The predicted molar refractivity (Wildman–Crippen MR) is 83.0 cm³/mol. The Labute approximate surface area is 124 Å². The van der Waals surface area contributed by atoms with E-state index >= 15 is 0 Å². The Hall–Kier alpha value is -0.120. The fraction of sp³-hybridized carbons (Fsp3) is 1.00. The van der Waals surface area contributed by atoms with Gasteiger partial charge in [0.25, 0.3) is 0 Å². The van der Waals surface area contributed by atoms with Gasteiger partial charge in [0.15, 0.2) is 0 Å². The molecule has 3 rings (SSSR count). The third kappa shape index (κ3) is 3.96. The number of nitrogens with zero attached hydrogens (tertiary/aromatic N) is 1. The molecule has 116 valence electrons. The Morgan fingerprint density at radius 2 is 1.85 bits per heavy atom. The molecule has 0 amide bonds. The molecule has 3 heteroatoms. The first kappa shape index (κ1) is 14.8. The fourth-order valence-electron chi connectivity index (χ4n) is 4.42. The Bertz CT molecular complexity index is 272. The van der Waals surface area contributed by atoms with Crippen molar-refractivity contribution in [3.8, 4) is 0 Å². The van der Waals surface area contributed by atoms with Crippen LogP contribution in [0.5, 0.6) is 0 Å². The van der Waals surface area contributed by atoms with Crippen LogP contribution in [-0.2, 0) is 4.74 Å². The summed E-state index contributed by atoms with van der Waals surface area (Å²) in [4.78, 5) is 2.84. The number of ether oxygens (including phenoxy) is 1. The summed E-state index contributed by atoms with van der Waals surface area (Å²) in [6, 6.07) is 0.862. The lowest BCUT2D eigenvalue weighted by molar-refractivity contribution is 0.0701. The number of piperidine rings is 1. The van der Waals surface area contributed by atoms with Crippen molar-refractivity contribution >= 4 is 0 Å². The SMILES string of the molecule is C1CCC(C2CCNCC2)N(CCC2CCCO2)CC1. The lowest BCUT2D eigenvalue weighted by Crippen LogP contribution is -2.45. The molecule has 3 aliphatic rings. The van der Waals surface area contributed by atoms with Crippen LogP contribution in [0.15, 0.2) is 0 Å². The molecular formula is C17H32N2O. The molecule has 3 aliphatic heterocycles. The first-order chi connectivity index (χ1) is 9.93. The lowest BCUT2D eigenvalue weighted by atomic mass is 9.86. The van der Waals surface area contributed by atoms with Gasteiger partial charge in [0.1, 0.15) is 0 Å². The summed E-state index contributed by atoms with van der Waals surface area (Å²) in [5.74, 6) is 0.943. The highest BCUT2D eigenvalue weighted by Gasteiger charge is 2.30. The molecule has 0 aromatic carbocycles. The Kier molecular flexibility index (Phi) is 5.75. The van der Waals surface area contributed by atoms with Crippen LogP contribution >= 0.6 is 0 Å². The minimum atomic E-state index is 0.562. The average molecular weight is 280 g/mol. The van der Waals surface area contributed by atoms with E-state index in [1.807, 2.05) is 0 Å². The van der Waals surface area contributed by atoms with Crippen molar-refractivity contribution in [1.29, 1.82) is 0 Å². The first-order valence-corrected chi connectivity index (χ1v) is 9.00. The van der Waals surface area contributed by atoms with Gasteiger partial charge in [0.05, 0.1) is 6.10 Å². The standard InChI is InChI=1S/C17H32N2O/c1-2-6-17(15-7-10-18-11-8-15)19(12-3-1)13-9-16-5-4-14-20-16/h15-18H,1-14H2. The molecule has 20 heavy (non-hydrogen) atoms. The molecule has 0 aliphatic carbocycles. The van der Waals surface area contributed by atoms with E-state index in [0.717, 1.165) is 18.6 Å². The van der Waals surface area contributed by atoms with Crippen LogP contribution in [0, 0.1) is 5.92 Å². The Morgan fingerprint density at radius 3 is 2.65 bits per heavy atom. The van der Waals surface area contributed by atoms with Crippen molar-refractivity contribution in [2.75, 3.05) is 32.8 Å². The molecule has 0 aromatic heterocycles. The molecule has 3 heterocycles. The van der Waals surface area contributed by atoms with Gasteiger partial charge in [-0.2, -0.15) is 0 Å². The molecule has 0 saturated carbocycles. The van der Waals surface area contributed by atoms with Crippen LogP contribution in [0.4, 0.5) is 0 Å². The fourth-order valence-corrected chi connectivity index (χ4v) is 4.42. The molecule has 1 N–H and O–H groups in total. The normalized spacial score (nSPS) is 34.2. The van der Waals surface area contributed by atoms with Crippen LogP contribution in [0.2, 0.25) is 0 Å². The maximum atomic E-state index is 5.82. The van der Waals surface area contributed by atoms with Gasteiger partial charge in [-0.1, -0.05) is 12.8 Å². The molecule has 2 atom stereocenters. The maximum Gasteiger partial charge on any atom is 0.0588 e. The maximum absolute atomic E-state index is 5.82. The van der Waals surface area contributed by atoms with E-state index in [2.05, 4.69) is 10.2 Å². The third-order valence-corrected chi connectivity index (χ3v) is 5.60. The summed E-state index contributed by atoms with van der Waals surface area (Å²) in [5, 5.41) is 3.52.